The highest BCUT2D eigenvalue weighted by molar-refractivity contribution is 8.22. The summed E-state index contributed by atoms with van der Waals surface area (Å²) in [7, 11) is -8.34. The monoisotopic (exact) mass is 1120 g/mol. The van der Waals surface area contributed by atoms with Crippen LogP contribution in [0.25, 0.3) is 67.3 Å². The molecule has 7 heterocycles. The van der Waals surface area contributed by atoms with Gasteiger partial charge in [-0.15, -0.1) is 105 Å². The lowest BCUT2D eigenvalue weighted by Crippen LogP contribution is -2.24. The summed E-state index contributed by atoms with van der Waals surface area (Å²) in [4.78, 5) is 9.10. The topological polar surface area (TPSA) is 68.3 Å². The smallest absolute Gasteiger partial charge is 0.190 e. The van der Waals surface area contributed by atoms with Crippen LogP contribution < -0.4 is 9.06 Å². The molecule has 4 nitrogen and oxygen atoms in total. The highest BCUT2D eigenvalue weighted by atomic mass is 32.3. The van der Waals surface area contributed by atoms with Crippen molar-refractivity contribution < 1.29 is 16.8 Å². The first-order valence-electron chi connectivity index (χ1n) is 24.8. The van der Waals surface area contributed by atoms with E-state index in [9.17, 15) is 16.8 Å². The maximum Gasteiger partial charge on any atom is 0.190 e. The van der Waals surface area contributed by atoms with Gasteiger partial charge in [-0.2, -0.15) is 0 Å². The van der Waals surface area contributed by atoms with Crippen molar-refractivity contribution in [2.75, 3.05) is 11.5 Å². The molecule has 0 amide bonds. The number of aryl methyl sites for hydroxylation is 1. The van der Waals surface area contributed by atoms with Crippen molar-refractivity contribution in [3.8, 4) is 29.3 Å². The van der Waals surface area contributed by atoms with Crippen molar-refractivity contribution in [2.45, 2.75) is 175 Å². The Hall–Kier alpha value is -0.980. The summed E-state index contributed by atoms with van der Waals surface area (Å²) in [6.45, 7) is 13.2. The van der Waals surface area contributed by atoms with E-state index in [2.05, 4.69) is 71.0 Å². The van der Waals surface area contributed by atoms with Gasteiger partial charge in [-0.05, 0) is 61.6 Å². The van der Waals surface area contributed by atoms with E-state index in [-0.39, 0.29) is 21.2 Å². The lowest BCUT2D eigenvalue weighted by Gasteiger charge is -2.15. The van der Waals surface area contributed by atoms with Crippen LogP contribution in [0.2, 0.25) is 0 Å². The molecule has 0 aliphatic heterocycles. The first-order chi connectivity index (χ1) is 32.5. The fourth-order valence-corrected chi connectivity index (χ4v) is 23.6. The van der Waals surface area contributed by atoms with Crippen LogP contribution in [-0.4, -0.2) is 28.3 Å². The van der Waals surface area contributed by atoms with Gasteiger partial charge in [-0.1, -0.05) is 150 Å². The summed E-state index contributed by atoms with van der Waals surface area (Å²) in [6, 6.07) is 13.5. The Bertz CT molecular complexity index is 3060. The van der Waals surface area contributed by atoms with Crippen molar-refractivity contribution in [3.63, 3.8) is 0 Å². The van der Waals surface area contributed by atoms with E-state index in [1.54, 1.807) is 11.3 Å². The number of unbranched alkanes of at least 4 members (excludes halogenated alkanes) is 18. The van der Waals surface area contributed by atoms with Gasteiger partial charge in [0, 0.05) is 54.3 Å². The van der Waals surface area contributed by atoms with Gasteiger partial charge in [-0.3, -0.25) is 0 Å². The average Bonchev–Trinajstić information content (AvgIpc) is 4.14. The molecule has 15 heteroatoms. The van der Waals surface area contributed by atoms with Crippen LogP contribution >= 0.6 is 105 Å². The molecule has 372 valence electrons. The van der Waals surface area contributed by atoms with Crippen molar-refractivity contribution in [2.24, 2.45) is 0 Å². The second kappa shape index (κ2) is 24.8. The van der Waals surface area contributed by atoms with E-state index in [1.807, 2.05) is 52.3 Å². The number of thiophene rings is 7. The number of hydrogen-bond acceptors (Lipinski definition) is 13. The number of sulfone groups is 2. The van der Waals surface area contributed by atoms with E-state index in [0.29, 0.717) is 27.0 Å². The minimum absolute atomic E-state index is 0.127. The first-order valence-corrected chi connectivity index (χ1v) is 34.8. The zero-order valence-corrected chi connectivity index (χ0v) is 49.9. The molecular weight excluding hydrogens is 1050 g/mol. The molecule has 0 fully saturated rings. The summed E-state index contributed by atoms with van der Waals surface area (Å²) in [5.41, 5.74) is 0.127. The second-order valence-corrected chi connectivity index (χ2v) is 32.6. The zero-order valence-electron chi connectivity index (χ0n) is 40.7. The molecule has 7 aromatic heterocycles. The Labute approximate surface area is 446 Å². The molecular formula is C53H70O4S11. The van der Waals surface area contributed by atoms with E-state index in [0.717, 1.165) is 80.8 Å². The van der Waals surface area contributed by atoms with Crippen LogP contribution in [-0.2, 0) is 25.1 Å². The Balaban J connectivity index is 1.20. The molecule has 0 N–H and O–H groups in total. The number of rotatable bonds is 27. The predicted octanol–water partition coefficient (Wildman–Crippen LogP) is 18.8. The maximum absolute atomic E-state index is 14.8. The SMILES string of the molecule is CCCCCCCCCCCCS(=O)(=O)C(=c1sc(C)c2c(=C(S)S)sc(-c3ccc(-c4cc5sc6cc(-c7ccc(C(C)(C)C)s7)sc6c5s4)s3)c12)S(=O)(=O)CCCCCCCCCCCC. The summed E-state index contributed by atoms with van der Waals surface area (Å²) in [5, 5.41) is 1.56. The van der Waals surface area contributed by atoms with Gasteiger partial charge < -0.3 is 0 Å². The Morgan fingerprint density at radius 3 is 1.38 bits per heavy atom. The standard InChI is InChI=1S/C53H70O4S11/c1-7-9-11-13-15-17-19-21-23-25-31-67(54,55)52(68(56,57)32-26-24-22-20-18-16-14-12-10-8-2)50-45-44(35(3)60-50)49(51(58)59)66-46(45)38-28-27-36(61-38)39-33-41-47(64-39)48-42(62-41)34-40(65-48)37-29-30-43(63-37)53(4,5)6/h27-30,33-34,58-59H,7-26,31-32H2,1-6H3. The molecule has 0 bridgehead atoms. The molecule has 0 spiro atoms. The van der Waals surface area contributed by atoms with Gasteiger partial charge in [0.2, 0.25) is 0 Å². The third-order valence-electron chi connectivity index (χ3n) is 12.7. The lowest BCUT2D eigenvalue weighted by molar-refractivity contribution is 0.558. The van der Waals surface area contributed by atoms with E-state index < -0.39 is 19.7 Å². The van der Waals surface area contributed by atoms with Gasteiger partial charge in [-0.25, -0.2) is 16.8 Å². The molecule has 0 aliphatic rings. The van der Waals surface area contributed by atoms with Crippen LogP contribution in [0.15, 0.2) is 36.4 Å². The fraction of sp³-hybridized carbons (Fsp3) is 0.547. The molecule has 7 aromatic rings. The number of thiol groups is 2. The maximum atomic E-state index is 14.8. The zero-order chi connectivity index (χ0) is 48.6. The average molecular weight is 1120 g/mol. The van der Waals surface area contributed by atoms with Crippen LogP contribution in [0, 0.1) is 6.92 Å². The molecule has 0 aliphatic carbocycles. The van der Waals surface area contributed by atoms with E-state index in [4.69, 9.17) is 25.3 Å². The number of hydrogen-bond donors (Lipinski definition) is 2. The normalized spacial score (nSPS) is 12.8. The van der Waals surface area contributed by atoms with E-state index >= 15 is 0 Å². The first kappa shape index (κ1) is 54.8. The second-order valence-electron chi connectivity index (χ2n) is 19.4. The molecule has 0 aromatic carbocycles. The van der Waals surface area contributed by atoms with Crippen molar-refractivity contribution in [1.82, 2.24) is 0 Å². The van der Waals surface area contributed by atoms with E-state index in [1.165, 1.54) is 125 Å². The van der Waals surface area contributed by atoms with Crippen molar-refractivity contribution in [1.29, 1.82) is 0 Å². The molecule has 7 rings (SSSR count). The predicted molar refractivity (Wildman–Crippen MR) is 319 cm³/mol. The third kappa shape index (κ3) is 13.4. The summed E-state index contributed by atoms with van der Waals surface area (Å²) in [6.07, 6.45) is 21.4. The Morgan fingerprint density at radius 1 is 0.485 bits per heavy atom. The van der Waals surface area contributed by atoms with Gasteiger partial charge in [0.25, 0.3) is 0 Å². The molecule has 0 unspecified atom stereocenters. The van der Waals surface area contributed by atoms with Crippen LogP contribution in [0.1, 0.15) is 173 Å². The van der Waals surface area contributed by atoms with Gasteiger partial charge in [0.05, 0.1) is 39.1 Å². The minimum atomic E-state index is -4.17. The van der Waals surface area contributed by atoms with Crippen LogP contribution in [0.4, 0.5) is 0 Å². The molecule has 68 heavy (non-hydrogen) atoms. The van der Waals surface area contributed by atoms with Gasteiger partial charge in [0.1, 0.15) is 0 Å². The summed E-state index contributed by atoms with van der Waals surface area (Å²) < 4.78 is 65.7. The highest BCUT2D eigenvalue weighted by Crippen LogP contribution is 2.51. The fourth-order valence-electron chi connectivity index (χ4n) is 8.98. The van der Waals surface area contributed by atoms with Gasteiger partial charge >= 0.3 is 0 Å². The summed E-state index contributed by atoms with van der Waals surface area (Å²) >= 11 is 21.4. The quantitative estimate of drug-likeness (QED) is 0.0398. The van der Waals surface area contributed by atoms with Crippen LogP contribution in [0.5, 0.6) is 0 Å². The lowest BCUT2D eigenvalue weighted by atomic mass is 9.95. The summed E-state index contributed by atoms with van der Waals surface area (Å²) in [5.74, 6) is -0.333. The third-order valence-corrected chi connectivity index (χ3v) is 27.7. The molecule has 0 radical (unpaired) electrons. The Morgan fingerprint density at radius 2 is 0.926 bits per heavy atom. The molecule has 0 saturated carbocycles. The van der Waals surface area contributed by atoms with Gasteiger partial charge in [0.15, 0.2) is 23.9 Å². The highest BCUT2D eigenvalue weighted by Gasteiger charge is 2.34. The van der Waals surface area contributed by atoms with Crippen LogP contribution in [0.3, 0.4) is 0 Å². The van der Waals surface area contributed by atoms with Crippen molar-refractivity contribution in [3.05, 3.63) is 55.2 Å². The Kier molecular flexibility index (Phi) is 20.0. The molecule has 0 atom stereocenters. The molecule has 0 saturated heterocycles. The minimum Gasteiger partial charge on any atom is -0.223 e. The number of fused-ring (bicyclic) bond motifs is 4. The largest absolute Gasteiger partial charge is 0.223 e. The van der Waals surface area contributed by atoms with Crippen molar-refractivity contribution >= 4 is 162 Å².